The average molecular weight is 444 g/mol. The van der Waals surface area contributed by atoms with Crippen molar-refractivity contribution >= 4 is 23.3 Å². The van der Waals surface area contributed by atoms with E-state index in [4.69, 9.17) is 26.3 Å². The van der Waals surface area contributed by atoms with Crippen molar-refractivity contribution in [2.24, 2.45) is 5.92 Å². The summed E-state index contributed by atoms with van der Waals surface area (Å²) < 4.78 is 11.6. The molecule has 1 aromatic heterocycles. The number of hydrogen-bond donors (Lipinski definition) is 2. The van der Waals surface area contributed by atoms with Crippen LogP contribution >= 0.6 is 11.6 Å². The first-order valence-corrected chi connectivity index (χ1v) is 10.6. The summed E-state index contributed by atoms with van der Waals surface area (Å²) in [6.07, 6.45) is 3.39. The van der Waals surface area contributed by atoms with Crippen molar-refractivity contribution in [2.45, 2.75) is 45.4 Å². The number of rotatable bonds is 10. The minimum atomic E-state index is -0.0535. The molecule has 1 aromatic carbocycles. The zero-order valence-corrected chi connectivity index (χ0v) is 18.4. The minimum absolute atomic E-state index is 0.000855. The molecule has 2 aromatic rings. The Balaban J connectivity index is 1.43. The lowest BCUT2D eigenvalue weighted by Gasteiger charge is -2.35. The van der Waals surface area contributed by atoms with Gasteiger partial charge in [0.25, 0.3) is 0 Å². The first-order chi connectivity index (χ1) is 14.9. The van der Waals surface area contributed by atoms with Crippen LogP contribution in [0.2, 0.25) is 5.02 Å². The van der Waals surface area contributed by atoms with E-state index in [1.54, 1.807) is 6.07 Å². The molecule has 3 rings (SSSR count). The number of ether oxygens (including phenoxy) is 2. The molecule has 164 valence electrons. The number of aromatic nitrogens is 2. The van der Waals surface area contributed by atoms with Crippen molar-refractivity contribution in [1.29, 1.82) is 5.26 Å². The number of hydrogen-bond acceptors (Lipinski definition) is 7. The summed E-state index contributed by atoms with van der Waals surface area (Å²) in [5.74, 6) is 1.14. The largest absolute Gasteiger partial charge is 0.476 e. The van der Waals surface area contributed by atoms with Crippen molar-refractivity contribution < 1.29 is 14.3 Å². The van der Waals surface area contributed by atoms with Crippen LogP contribution in [-0.4, -0.2) is 41.2 Å². The Morgan fingerprint density at radius 2 is 2.19 bits per heavy atom. The Hall–Kier alpha value is -2.89. The molecule has 0 bridgehead atoms. The average Bonchev–Trinajstić information content (AvgIpc) is 2.72. The number of amides is 1. The van der Waals surface area contributed by atoms with Gasteiger partial charge in [0.2, 0.25) is 11.8 Å². The van der Waals surface area contributed by atoms with E-state index >= 15 is 0 Å². The molecule has 8 nitrogen and oxygen atoms in total. The van der Waals surface area contributed by atoms with E-state index in [0.717, 1.165) is 18.4 Å². The van der Waals surface area contributed by atoms with Gasteiger partial charge in [-0.05, 0) is 43.4 Å². The number of halogens is 1. The molecular weight excluding hydrogens is 418 g/mol. The summed E-state index contributed by atoms with van der Waals surface area (Å²) in [6.45, 7) is 4.90. The van der Waals surface area contributed by atoms with Crippen LogP contribution < -0.4 is 15.4 Å². The van der Waals surface area contributed by atoms with E-state index in [2.05, 4.69) is 26.7 Å². The van der Waals surface area contributed by atoms with Gasteiger partial charge in [0.1, 0.15) is 11.3 Å². The van der Waals surface area contributed by atoms with Crippen molar-refractivity contribution in [2.75, 3.05) is 18.5 Å². The van der Waals surface area contributed by atoms with Crippen LogP contribution in [0.25, 0.3) is 0 Å². The highest BCUT2D eigenvalue weighted by atomic mass is 35.5. The predicted molar refractivity (Wildman–Crippen MR) is 117 cm³/mol. The maximum Gasteiger partial charge on any atom is 0.237 e. The maximum atomic E-state index is 11.0. The van der Waals surface area contributed by atoms with Crippen LogP contribution in [0.5, 0.6) is 5.88 Å². The fraction of sp³-hybridized carbons (Fsp3) is 0.455. The number of nitrogens with one attached hydrogen (secondary N) is 2. The Labute approximate surface area is 186 Å². The molecule has 1 amide bonds. The molecule has 0 saturated heterocycles. The molecule has 1 aliphatic carbocycles. The lowest BCUT2D eigenvalue weighted by atomic mass is 9.83. The highest BCUT2D eigenvalue weighted by molar-refractivity contribution is 6.34. The molecule has 0 aliphatic heterocycles. The number of nitrogens with zero attached hydrogens (tertiary/aromatic N) is 3. The zero-order chi connectivity index (χ0) is 22.2. The summed E-state index contributed by atoms with van der Waals surface area (Å²) >= 11 is 6.41. The fourth-order valence-corrected chi connectivity index (χ4v) is 3.55. The Morgan fingerprint density at radius 1 is 1.39 bits per heavy atom. The van der Waals surface area contributed by atoms with E-state index < -0.39 is 0 Å². The predicted octanol–water partition coefficient (Wildman–Crippen LogP) is 3.31. The lowest BCUT2D eigenvalue weighted by Crippen LogP contribution is -2.40. The van der Waals surface area contributed by atoms with Crippen LogP contribution in [0.4, 0.5) is 5.82 Å². The number of nitriles is 1. The zero-order valence-electron chi connectivity index (χ0n) is 17.6. The molecule has 1 fully saturated rings. The SMILES string of the molecule is CC(=O)N[C@@H](C)COC1CC(COc2ncnc(NCc3cccc(C#N)c3)c2Cl)C1. The quantitative estimate of drug-likeness (QED) is 0.579. The van der Waals surface area contributed by atoms with Crippen molar-refractivity contribution in [3.8, 4) is 11.9 Å². The maximum absolute atomic E-state index is 11.0. The molecule has 9 heteroatoms. The molecule has 0 unspecified atom stereocenters. The van der Waals surface area contributed by atoms with Gasteiger partial charge >= 0.3 is 0 Å². The summed E-state index contributed by atoms with van der Waals surface area (Å²) in [4.78, 5) is 19.3. The third-order valence-corrected chi connectivity index (χ3v) is 5.29. The highest BCUT2D eigenvalue weighted by Gasteiger charge is 2.31. The van der Waals surface area contributed by atoms with Crippen LogP contribution in [0.15, 0.2) is 30.6 Å². The molecule has 0 radical (unpaired) electrons. The summed E-state index contributed by atoms with van der Waals surface area (Å²) in [5, 5.41) is 15.3. The van der Waals surface area contributed by atoms with Crippen molar-refractivity contribution in [1.82, 2.24) is 15.3 Å². The fourth-order valence-electron chi connectivity index (χ4n) is 3.33. The van der Waals surface area contributed by atoms with Gasteiger partial charge in [0.15, 0.2) is 5.82 Å². The minimum Gasteiger partial charge on any atom is -0.476 e. The second kappa shape index (κ2) is 10.9. The van der Waals surface area contributed by atoms with Crippen LogP contribution in [0, 0.1) is 17.2 Å². The van der Waals surface area contributed by atoms with Gasteiger partial charge in [-0.3, -0.25) is 4.79 Å². The van der Waals surface area contributed by atoms with Crippen molar-refractivity contribution in [3.63, 3.8) is 0 Å². The van der Waals surface area contributed by atoms with E-state index in [9.17, 15) is 4.79 Å². The number of carbonyl (C=O) groups is 1. The molecule has 31 heavy (non-hydrogen) atoms. The topological polar surface area (TPSA) is 109 Å². The van der Waals surface area contributed by atoms with Crippen LogP contribution in [-0.2, 0) is 16.1 Å². The summed E-state index contributed by atoms with van der Waals surface area (Å²) in [5.41, 5.74) is 1.55. The summed E-state index contributed by atoms with van der Waals surface area (Å²) in [7, 11) is 0. The molecule has 0 spiro atoms. The lowest BCUT2D eigenvalue weighted by molar-refractivity contribution is -0.120. The summed E-state index contributed by atoms with van der Waals surface area (Å²) in [6, 6.07) is 9.45. The van der Waals surface area contributed by atoms with Gasteiger partial charge in [-0.15, -0.1) is 0 Å². The van der Waals surface area contributed by atoms with Crippen LogP contribution in [0.1, 0.15) is 37.8 Å². The number of anilines is 1. The monoisotopic (exact) mass is 443 g/mol. The van der Waals surface area contributed by atoms with Gasteiger partial charge in [0, 0.05) is 19.5 Å². The van der Waals surface area contributed by atoms with Crippen LogP contribution in [0.3, 0.4) is 0 Å². The highest BCUT2D eigenvalue weighted by Crippen LogP contribution is 2.33. The first-order valence-electron chi connectivity index (χ1n) is 10.2. The molecule has 1 saturated carbocycles. The number of benzene rings is 1. The molecule has 1 heterocycles. The second-order valence-corrected chi connectivity index (χ2v) is 8.09. The molecule has 1 atom stereocenters. The van der Waals surface area contributed by atoms with Gasteiger partial charge < -0.3 is 20.1 Å². The number of carbonyl (C=O) groups excluding carboxylic acids is 1. The third kappa shape index (κ3) is 6.81. The standard InChI is InChI=1S/C22H26ClN5O3/c1-14(28-15(2)29)11-30-19-7-18(8-19)12-31-22-20(23)21(26-13-27-22)25-10-17-5-3-4-16(6-17)9-24/h3-6,13-14,18-19H,7-8,10-12H2,1-2H3,(H,28,29)(H,25,26,27)/t14-,18?,19?/m0/s1. The van der Waals surface area contributed by atoms with Gasteiger partial charge in [-0.25, -0.2) is 9.97 Å². The first kappa shape index (κ1) is 22.8. The van der Waals surface area contributed by atoms with Gasteiger partial charge in [0.05, 0.1) is 31.0 Å². The normalized spacial score (nSPS) is 18.4. The Kier molecular flexibility index (Phi) is 8.04. The van der Waals surface area contributed by atoms with Gasteiger partial charge in [-0.2, -0.15) is 5.26 Å². The third-order valence-electron chi connectivity index (χ3n) is 4.95. The van der Waals surface area contributed by atoms with Crippen molar-refractivity contribution in [3.05, 3.63) is 46.7 Å². The smallest absolute Gasteiger partial charge is 0.237 e. The Bertz CT molecular complexity index is 943. The van der Waals surface area contributed by atoms with Gasteiger partial charge in [-0.1, -0.05) is 23.7 Å². The second-order valence-electron chi connectivity index (χ2n) is 7.71. The van der Waals surface area contributed by atoms with E-state index in [1.165, 1.54) is 13.3 Å². The van der Waals surface area contributed by atoms with E-state index in [1.807, 2.05) is 25.1 Å². The van der Waals surface area contributed by atoms with E-state index in [-0.39, 0.29) is 18.1 Å². The van der Waals surface area contributed by atoms with E-state index in [0.29, 0.717) is 48.0 Å². The molecule has 2 N–H and O–H groups in total. The Morgan fingerprint density at radius 3 is 2.94 bits per heavy atom. The molecular formula is C22H26ClN5O3. The molecule has 1 aliphatic rings.